The molecule has 3 nitrogen and oxygen atoms in total. The lowest BCUT2D eigenvalue weighted by atomic mass is 9.80. The number of carbonyl (C=O) groups excluding carboxylic acids is 1. The Morgan fingerprint density at radius 3 is 2.12 bits per heavy atom. The molecule has 17 heavy (non-hydrogen) atoms. The van der Waals surface area contributed by atoms with Crippen LogP contribution in [0.15, 0.2) is 0 Å². The summed E-state index contributed by atoms with van der Waals surface area (Å²) >= 11 is 0. The topological polar surface area (TPSA) is 52.9 Å². The van der Waals surface area contributed by atoms with Crippen LogP contribution >= 0.6 is 0 Å². The van der Waals surface area contributed by atoms with Crippen LogP contribution in [0, 0.1) is 16.7 Å². The van der Waals surface area contributed by atoms with Crippen molar-refractivity contribution < 1.29 is 4.79 Å². The number of nitriles is 1. The van der Waals surface area contributed by atoms with Gasteiger partial charge < -0.3 is 5.32 Å². The van der Waals surface area contributed by atoms with Crippen molar-refractivity contribution in [2.45, 2.75) is 70.3 Å². The first-order valence-corrected chi connectivity index (χ1v) is 6.84. The molecular formula is C14H22N2O. The van der Waals surface area contributed by atoms with Crippen molar-refractivity contribution in [3.63, 3.8) is 0 Å². The van der Waals surface area contributed by atoms with Gasteiger partial charge in [-0.2, -0.15) is 5.26 Å². The Bertz CT molecular complexity index is 331. The fourth-order valence-corrected chi connectivity index (χ4v) is 3.17. The Kier molecular flexibility index (Phi) is 3.42. The smallest absolute Gasteiger partial charge is 0.227 e. The number of carbonyl (C=O) groups is 1. The minimum absolute atomic E-state index is 0.110. The predicted molar refractivity (Wildman–Crippen MR) is 66.1 cm³/mol. The summed E-state index contributed by atoms with van der Waals surface area (Å²) < 4.78 is 0. The van der Waals surface area contributed by atoms with Crippen molar-refractivity contribution >= 4 is 5.91 Å². The van der Waals surface area contributed by atoms with Crippen LogP contribution in [0.3, 0.4) is 0 Å². The molecule has 3 heteroatoms. The van der Waals surface area contributed by atoms with E-state index >= 15 is 0 Å². The third-order valence-electron chi connectivity index (χ3n) is 4.53. The summed E-state index contributed by atoms with van der Waals surface area (Å²) in [5, 5.41) is 12.4. The lowest BCUT2D eigenvalue weighted by Crippen LogP contribution is -2.52. The third kappa shape index (κ3) is 2.46. The van der Waals surface area contributed by atoms with Crippen LogP contribution in [-0.2, 0) is 4.79 Å². The van der Waals surface area contributed by atoms with Crippen LogP contribution in [-0.4, -0.2) is 11.4 Å². The summed E-state index contributed by atoms with van der Waals surface area (Å²) in [4.78, 5) is 12.3. The van der Waals surface area contributed by atoms with Crippen molar-refractivity contribution in [3.8, 4) is 6.07 Å². The van der Waals surface area contributed by atoms with Crippen LogP contribution in [0.1, 0.15) is 64.7 Å². The summed E-state index contributed by atoms with van der Waals surface area (Å²) in [7, 11) is 0. The van der Waals surface area contributed by atoms with Gasteiger partial charge in [0, 0.05) is 5.41 Å². The minimum Gasteiger partial charge on any atom is -0.337 e. The number of hydrogen-bond donors (Lipinski definition) is 1. The molecule has 0 aromatic rings. The molecule has 0 aromatic heterocycles. The van der Waals surface area contributed by atoms with E-state index in [2.05, 4.69) is 11.4 Å². The Morgan fingerprint density at radius 1 is 1.06 bits per heavy atom. The molecule has 0 unspecified atom stereocenters. The average molecular weight is 234 g/mol. The van der Waals surface area contributed by atoms with Crippen LogP contribution < -0.4 is 5.32 Å². The molecule has 2 aliphatic carbocycles. The highest BCUT2D eigenvalue weighted by atomic mass is 16.2. The lowest BCUT2D eigenvalue weighted by molar-refractivity contribution is -0.131. The summed E-state index contributed by atoms with van der Waals surface area (Å²) in [5.74, 6) is 0.110. The number of rotatable bonds is 2. The van der Waals surface area contributed by atoms with Gasteiger partial charge in [-0.3, -0.25) is 4.79 Å². The predicted octanol–water partition coefficient (Wildman–Crippen LogP) is 2.91. The van der Waals surface area contributed by atoms with E-state index in [-0.39, 0.29) is 11.3 Å². The molecule has 94 valence electrons. The van der Waals surface area contributed by atoms with Gasteiger partial charge in [-0.1, -0.05) is 39.0 Å². The van der Waals surface area contributed by atoms with Gasteiger partial charge in [0.15, 0.2) is 0 Å². The Balaban J connectivity index is 2.03. The van der Waals surface area contributed by atoms with E-state index in [9.17, 15) is 10.1 Å². The second-order valence-corrected chi connectivity index (χ2v) is 5.98. The van der Waals surface area contributed by atoms with Crippen LogP contribution in [0.25, 0.3) is 0 Å². The largest absolute Gasteiger partial charge is 0.337 e. The van der Waals surface area contributed by atoms with Crippen molar-refractivity contribution in [1.82, 2.24) is 5.32 Å². The maximum absolute atomic E-state index is 12.3. The summed E-state index contributed by atoms with van der Waals surface area (Å²) in [6, 6.07) is 2.36. The van der Waals surface area contributed by atoms with E-state index in [4.69, 9.17) is 0 Å². The summed E-state index contributed by atoms with van der Waals surface area (Å²) in [5.41, 5.74) is -0.789. The normalized spacial score (nSPS) is 26.1. The summed E-state index contributed by atoms with van der Waals surface area (Å²) in [6.07, 6.45) is 9.19. The van der Waals surface area contributed by atoms with E-state index in [1.165, 1.54) is 6.42 Å². The molecule has 2 aliphatic rings. The molecule has 2 rings (SSSR count). The monoisotopic (exact) mass is 234 g/mol. The number of nitrogens with one attached hydrogen (secondary N) is 1. The van der Waals surface area contributed by atoms with Crippen LogP contribution in [0.4, 0.5) is 0 Å². The minimum atomic E-state index is -0.569. The van der Waals surface area contributed by atoms with E-state index in [0.29, 0.717) is 0 Å². The van der Waals surface area contributed by atoms with Gasteiger partial charge in [-0.05, 0) is 25.7 Å². The van der Waals surface area contributed by atoms with Gasteiger partial charge in [0.2, 0.25) is 5.91 Å². The molecule has 0 aliphatic heterocycles. The van der Waals surface area contributed by atoms with Gasteiger partial charge >= 0.3 is 0 Å². The zero-order chi connectivity index (χ0) is 12.4. The second-order valence-electron chi connectivity index (χ2n) is 5.98. The molecule has 0 bridgehead atoms. The molecule has 2 fully saturated rings. The molecule has 0 saturated heterocycles. The first-order valence-electron chi connectivity index (χ1n) is 6.84. The maximum atomic E-state index is 12.3. The first kappa shape index (κ1) is 12.4. The fraction of sp³-hybridized carbons (Fsp3) is 0.857. The summed E-state index contributed by atoms with van der Waals surface area (Å²) in [6.45, 7) is 2.04. The van der Waals surface area contributed by atoms with Crippen molar-refractivity contribution in [1.29, 1.82) is 5.26 Å². The van der Waals surface area contributed by atoms with Gasteiger partial charge in [0.1, 0.15) is 5.54 Å². The second kappa shape index (κ2) is 4.68. The van der Waals surface area contributed by atoms with Gasteiger partial charge in [0.05, 0.1) is 6.07 Å². The zero-order valence-corrected chi connectivity index (χ0v) is 10.7. The highest BCUT2D eigenvalue weighted by Crippen LogP contribution is 2.39. The Labute approximate surface area is 104 Å². The van der Waals surface area contributed by atoms with E-state index in [1.54, 1.807) is 0 Å². The van der Waals surface area contributed by atoms with Gasteiger partial charge in [-0.15, -0.1) is 0 Å². The van der Waals surface area contributed by atoms with E-state index in [0.717, 1.165) is 51.4 Å². The SMILES string of the molecule is CC1(C(=O)NC2(C#N)CCCCC2)CCCC1. The van der Waals surface area contributed by atoms with Crippen LogP contribution in [0.2, 0.25) is 0 Å². The third-order valence-corrected chi connectivity index (χ3v) is 4.53. The molecular weight excluding hydrogens is 212 g/mol. The molecule has 1 amide bonds. The van der Waals surface area contributed by atoms with E-state index in [1.807, 2.05) is 6.92 Å². The molecule has 0 heterocycles. The number of hydrogen-bond acceptors (Lipinski definition) is 2. The molecule has 0 aromatic carbocycles. The number of amides is 1. The van der Waals surface area contributed by atoms with Crippen molar-refractivity contribution in [2.75, 3.05) is 0 Å². The van der Waals surface area contributed by atoms with Crippen molar-refractivity contribution in [2.24, 2.45) is 5.41 Å². The lowest BCUT2D eigenvalue weighted by Gasteiger charge is -2.35. The highest BCUT2D eigenvalue weighted by molar-refractivity contribution is 5.83. The van der Waals surface area contributed by atoms with Crippen LogP contribution in [0.5, 0.6) is 0 Å². The standard InChI is InChI=1S/C14H22N2O/c1-13(7-5-6-8-13)12(17)16-14(11-15)9-3-2-4-10-14/h2-10H2,1H3,(H,16,17). The fourth-order valence-electron chi connectivity index (χ4n) is 3.17. The first-order chi connectivity index (χ1) is 8.10. The van der Waals surface area contributed by atoms with Crippen molar-refractivity contribution in [3.05, 3.63) is 0 Å². The Morgan fingerprint density at radius 2 is 1.59 bits per heavy atom. The highest BCUT2D eigenvalue weighted by Gasteiger charge is 2.41. The maximum Gasteiger partial charge on any atom is 0.227 e. The molecule has 0 atom stereocenters. The average Bonchev–Trinajstić information content (AvgIpc) is 2.79. The molecule has 2 saturated carbocycles. The quantitative estimate of drug-likeness (QED) is 0.798. The van der Waals surface area contributed by atoms with E-state index < -0.39 is 5.54 Å². The van der Waals surface area contributed by atoms with Gasteiger partial charge in [0.25, 0.3) is 0 Å². The molecule has 1 N–H and O–H groups in total. The molecule has 0 radical (unpaired) electrons. The Hall–Kier alpha value is -1.04. The molecule has 0 spiro atoms. The number of nitrogens with zero attached hydrogens (tertiary/aromatic N) is 1. The van der Waals surface area contributed by atoms with Gasteiger partial charge in [-0.25, -0.2) is 0 Å². The zero-order valence-electron chi connectivity index (χ0n) is 10.7.